The quantitative estimate of drug-likeness (QED) is 0.876. The minimum Gasteiger partial charge on any atom is -0.463 e. The van der Waals surface area contributed by atoms with E-state index in [2.05, 4.69) is 51.0 Å². The van der Waals surface area contributed by atoms with Gasteiger partial charge in [0.25, 0.3) is 0 Å². The van der Waals surface area contributed by atoms with Gasteiger partial charge in [-0.05, 0) is 33.4 Å². The molecule has 1 aromatic heterocycles. The van der Waals surface area contributed by atoms with Crippen LogP contribution < -0.4 is 15.0 Å². The van der Waals surface area contributed by atoms with Crippen LogP contribution in [0.1, 0.15) is 26.7 Å². The van der Waals surface area contributed by atoms with Crippen molar-refractivity contribution in [1.82, 2.24) is 19.9 Å². The van der Waals surface area contributed by atoms with E-state index < -0.39 is 0 Å². The standard InChI is InChI=1S/C14H26N6O/c1-5-9-21-14-17-12(15-3)16-13(18-14)20-8-6-7-19(4)10-11(20)2/h11H,5-10H2,1-4H3,(H,15,16,17,18). The molecule has 1 aliphatic heterocycles. The van der Waals surface area contributed by atoms with Gasteiger partial charge in [-0.25, -0.2) is 0 Å². The minimum absolute atomic E-state index is 0.364. The fraction of sp³-hybridized carbons (Fsp3) is 0.786. The van der Waals surface area contributed by atoms with Crippen molar-refractivity contribution in [3.8, 4) is 6.01 Å². The summed E-state index contributed by atoms with van der Waals surface area (Å²) in [6, 6.07) is 0.764. The van der Waals surface area contributed by atoms with Crippen LogP contribution in [0.5, 0.6) is 6.01 Å². The van der Waals surface area contributed by atoms with Crippen LogP contribution in [0.2, 0.25) is 0 Å². The largest absolute Gasteiger partial charge is 0.463 e. The van der Waals surface area contributed by atoms with Gasteiger partial charge in [0.1, 0.15) is 0 Å². The maximum atomic E-state index is 5.58. The highest BCUT2D eigenvalue weighted by molar-refractivity contribution is 5.39. The van der Waals surface area contributed by atoms with Gasteiger partial charge in [-0.2, -0.15) is 15.0 Å². The van der Waals surface area contributed by atoms with Crippen molar-refractivity contribution < 1.29 is 4.74 Å². The molecule has 2 heterocycles. The monoisotopic (exact) mass is 294 g/mol. The molecule has 0 amide bonds. The number of aromatic nitrogens is 3. The van der Waals surface area contributed by atoms with Gasteiger partial charge < -0.3 is 19.9 Å². The van der Waals surface area contributed by atoms with Gasteiger partial charge in [-0.1, -0.05) is 6.92 Å². The Bertz CT molecular complexity index is 455. The van der Waals surface area contributed by atoms with Gasteiger partial charge in [0.2, 0.25) is 11.9 Å². The SMILES string of the molecule is CCCOc1nc(NC)nc(N2CCCN(C)CC2C)n1. The summed E-state index contributed by atoms with van der Waals surface area (Å²) >= 11 is 0. The zero-order valence-corrected chi connectivity index (χ0v) is 13.5. The highest BCUT2D eigenvalue weighted by atomic mass is 16.5. The maximum Gasteiger partial charge on any atom is 0.323 e. The van der Waals surface area contributed by atoms with E-state index in [-0.39, 0.29) is 0 Å². The van der Waals surface area contributed by atoms with Crippen LogP contribution in [-0.4, -0.2) is 66.2 Å². The fourth-order valence-corrected chi connectivity index (χ4v) is 2.51. The number of nitrogens with one attached hydrogen (secondary N) is 1. The molecule has 7 heteroatoms. The topological polar surface area (TPSA) is 66.4 Å². The molecule has 0 bridgehead atoms. The van der Waals surface area contributed by atoms with Gasteiger partial charge >= 0.3 is 6.01 Å². The van der Waals surface area contributed by atoms with Gasteiger partial charge in [-0.15, -0.1) is 0 Å². The molecule has 0 aliphatic carbocycles. The van der Waals surface area contributed by atoms with E-state index in [0.717, 1.165) is 32.5 Å². The van der Waals surface area contributed by atoms with E-state index in [1.807, 2.05) is 7.05 Å². The first kappa shape index (κ1) is 15.8. The summed E-state index contributed by atoms with van der Waals surface area (Å²) in [5.41, 5.74) is 0. The second-order valence-electron chi connectivity index (χ2n) is 5.50. The molecule has 1 atom stereocenters. The van der Waals surface area contributed by atoms with E-state index in [1.54, 1.807) is 0 Å². The molecule has 1 unspecified atom stereocenters. The lowest BCUT2D eigenvalue weighted by atomic mass is 10.3. The zero-order chi connectivity index (χ0) is 15.2. The average molecular weight is 294 g/mol. The van der Waals surface area contributed by atoms with Gasteiger partial charge in [0.15, 0.2) is 0 Å². The number of hydrogen-bond donors (Lipinski definition) is 1. The Hall–Kier alpha value is -1.63. The first-order valence-electron chi connectivity index (χ1n) is 7.65. The van der Waals surface area contributed by atoms with Crippen LogP contribution in [0.15, 0.2) is 0 Å². The van der Waals surface area contributed by atoms with Crippen LogP contribution in [-0.2, 0) is 0 Å². The normalized spacial score (nSPS) is 20.2. The third kappa shape index (κ3) is 4.17. The Balaban J connectivity index is 2.23. The summed E-state index contributed by atoms with van der Waals surface area (Å²) in [5, 5.41) is 2.98. The predicted octanol–water partition coefficient (Wildman–Crippen LogP) is 1.23. The number of ether oxygens (including phenoxy) is 1. The number of hydrogen-bond acceptors (Lipinski definition) is 7. The summed E-state index contributed by atoms with van der Waals surface area (Å²) in [4.78, 5) is 17.8. The average Bonchev–Trinajstić information content (AvgIpc) is 2.65. The lowest BCUT2D eigenvalue weighted by Crippen LogP contribution is -2.39. The van der Waals surface area contributed by atoms with Crippen LogP contribution in [0.3, 0.4) is 0 Å². The van der Waals surface area contributed by atoms with Crippen molar-refractivity contribution in [3.05, 3.63) is 0 Å². The van der Waals surface area contributed by atoms with Crippen molar-refractivity contribution in [2.24, 2.45) is 0 Å². The molecule has 21 heavy (non-hydrogen) atoms. The Morgan fingerprint density at radius 1 is 1.29 bits per heavy atom. The van der Waals surface area contributed by atoms with Crippen molar-refractivity contribution >= 4 is 11.9 Å². The summed E-state index contributed by atoms with van der Waals surface area (Å²) in [6.45, 7) is 7.94. The Kier molecular flexibility index (Phi) is 5.55. The predicted molar refractivity (Wildman–Crippen MR) is 84.1 cm³/mol. The fourth-order valence-electron chi connectivity index (χ4n) is 2.51. The molecule has 1 aliphatic rings. The summed E-state index contributed by atoms with van der Waals surface area (Å²) in [5.74, 6) is 1.25. The van der Waals surface area contributed by atoms with Crippen LogP contribution in [0.4, 0.5) is 11.9 Å². The Morgan fingerprint density at radius 2 is 2.10 bits per heavy atom. The molecule has 1 saturated heterocycles. The van der Waals surface area contributed by atoms with E-state index >= 15 is 0 Å². The molecule has 7 nitrogen and oxygen atoms in total. The molecule has 2 rings (SSSR count). The minimum atomic E-state index is 0.364. The number of nitrogens with zero attached hydrogens (tertiary/aromatic N) is 5. The van der Waals surface area contributed by atoms with Gasteiger partial charge in [0.05, 0.1) is 6.61 Å². The first-order chi connectivity index (χ1) is 10.1. The van der Waals surface area contributed by atoms with Crippen LogP contribution in [0, 0.1) is 0 Å². The van der Waals surface area contributed by atoms with Crippen molar-refractivity contribution in [2.75, 3.05) is 50.6 Å². The molecule has 0 radical (unpaired) electrons. The van der Waals surface area contributed by atoms with Gasteiger partial charge in [-0.3, -0.25) is 0 Å². The molecule has 0 spiro atoms. The molecule has 1 fully saturated rings. The third-order valence-electron chi connectivity index (χ3n) is 3.57. The molecular weight excluding hydrogens is 268 g/mol. The number of rotatable bonds is 5. The molecule has 1 aromatic rings. The summed E-state index contributed by atoms with van der Waals surface area (Å²) < 4.78 is 5.58. The Labute approximate surface area is 126 Å². The number of likely N-dealkylation sites (N-methyl/N-ethyl adjacent to an activating group) is 1. The number of anilines is 2. The lowest BCUT2D eigenvalue weighted by Gasteiger charge is -2.28. The van der Waals surface area contributed by atoms with E-state index in [9.17, 15) is 0 Å². The van der Waals surface area contributed by atoms with Crippen LogP contribution in [0.25, 0.3) is 0 Å². The maximum absolute atomic E-state index is 5.58. The molecule has 118 valence electrons. The zero-order valence-electron chi connectivity index (χ0n) is 13.5. The van der Waals surface area contributed by atoms with Crippen molar-refractivity contribution in [2.45, 2.75) is 32.7 Å². The second kappa shape index (κ2) is 7.40. The molecule has 0 saturated carbocycles. The third-order valence-corrected chi connectivity index (χ3v) is 3.57. The highest BCUT2D eigenvalue weighted by Crippen LogP contribution is 2.19. The summed E-state index contributed by atoms with van der Waals surface area (Å²) in [6.07, 6.45) is 2.04. The molecular formula is C14H26N6O. The Morgan fingerprint density at radius 3 is 2.81 bits per heavy atom. The lowest BCUT2D eigenvalue weighted by molar-refractivity contribution is 0.291. The van der Waals surface area contributed by atoms with E-state index in [0.29, 0.717) is 30.6 Å². The smallest absolute Gasteiger partial charge is 0.323 e. The van der Waals surface area contributed by atoms with Crippen molar-refractivity contribution in [3.63, 3.8) is 0 Å². The highest BCUT2D eigenvalue weighted by Gasteiger charge is 2.23. The van der Waals surface area contributed by atoms with Crippen LogP contribution >= 0.6 is 0 Å². The van der Waals surface area contributed by atoms with Crippen molar-refractivity contribution in [1.29, 1.82) is 0 Å². The second-order valence-corrected chi connectivity index (χ2v) is 5.50. The summed E-state index contributed by atoms with van der Waals surface area (Å²) in [7, 11) is 3.96. The van der Waals surface area contributed by atoms with E-state index in [1.165, 1.54) is 0 Å². The van der Waals surface area contributed by atoms with Gasteiger partial charge in [0, 0.05) is 26.2 Å². The van der Waals surface area contributed by atoms with E-state index in [4.69, 9.17) is 4.74 Å². The first-order valence-corrected chi connectivity index (χ1v) is 7.65. The molecule has 0 aromatic carbocycles. The molecule has 1 N–H and O–H groups in total.